The molecule has 1 rings (SSSR count). The molecule has 8 heteroatoms. The third kappa shape index (κ3) is 3.07. The minimum atomic E-state index is -4.39. The normalized spacial score (nSPS) is 13.8. The summed E-state index contributed by atoms with van der Waals surface area (Å²) in [5, 5.41) is 2.00. The minimum absolute atomic E-state index is 0.370. The number of nitrogens with one attached hydrogen (secondary N) is 1. The van der Waals surface area contributed by atoms with Crippen LogP contribution in [0.4, 0.5) is 5.00 Å². The highest BCUT2D eigenvalue weighted by atomic mass is 32.2. The standard InChI is InChI=1S/C6H8N2O4S2/c7-6-1-4(3-13-6)5(2-9)8-14(10,11)12/h1-3,5,8H,7H2,(H,10,11,12). The second-order valence-corrected chi connectivity index (χ2v) is 4.62. The smallest absolute Gasteiger partial charge is 0.334 e. The summed E-state index contributed by atoms with van der Waals surface area (Å²) in [5.41, 5.74) is 5.80. The summed E-state index contributed by atoms with van der Waals surface area (Å²) in [6, 6.07) is 0.362. The average Bonchev–Trinajstić information content (AvgIpc) is 2.46. The van der Waals surface area contributed by atoms with Crippen molar-refractivity contribution in [3.8, 4) is 0 Å². The molecule has 78 valence electrons. The Hall–Kier alpha value is -0.960. The summed E-state index contributed by atoms with van der Waals surface area (Å²) in [4.78, 5) is 10.5. The molecular weight excluding hydrogens is 228 g/mol. The van der Waals surface area contributed by atoms with E-state index in [1.807, 2.05) is 0 Å². The molecule has 1 heterocycles. The van der Waals surface area contributed by atoms with E-state index < -0.39 is 16.3 Å². The lowest BCUT2D eigenvalue weighted by atomic mass is 10.2. The van der Waals surface area contributed by atoms with Gasteiger partial charge in [0, 0.05) is 0 Å². The fourth-order valence-corrected chi connectivity index (χ4v) is 2.07. The second-order valence-electron chi connectivity index (χ2n) is 2.49. The summed E-state index contributed by atoms with van der Waals surface area (Å²) in [7, 11) is -4.39. The van der Waals surface area contributed by atoms with Gasteiger partial charge in [-0.05, 0) is 17.0 Å². The molecule has 1 aromatic heterocycles. The zero-order valence-electron chi connectivity index (χ0n) is 6.88. The number of hydrogen-bond acceptors (Lipinski definition) is 5. The summed E-state index contributed by atoms with van der Waals surface area (Å²) in [6.45, 7) is 0. The number of hydrogen-bond donors (Lipinski definition) is 3. The van der Waals surface area contributed by atoms with Crippen molar-refractivity contribution in [1.82, 2.24) is 4.72 Å². The van der Waals surface area contributed by atoms with Gasteiger partial charge in [-0.25, -0.2) is 0 Å². The molecule has 0 spiro atoms. The predicted molar refractivity (Wildman–Crippen MR) is 52.2 cm³/mol. The average molecular weight is 236 g/mol. The van der Waals surface area contributed by atoms with Gasteiger partial charge in [0.15, 0.2) is 0 Å². The van der Waals surface area contributed by atoms with Gasteiger partial charge in [-0.2, -0.15) is 13.1 Å². The summed E-state index contributed by atoms with van der Waals surface area (Å²) in [5.74, 6) is 0. The van der Waals surface area contributed by atoms with E-state index in [9.17, 15) is 13.2 Å². The van der Waals surface area contributed by atoms with Crippen LogP contribution in [0.5, 0.6) is 0 Å². The van der Waals surface area contributed by atoms with Crippen LogP contribution >= 0.6 is 11.3 Å². The molecule has 0 radical (unpaired) electrons. The van der Waals surface area contributed by atoms with Crippen molar-refractivity contribution in [1.29, 1.82) is 0 Å². The van der Waals surface area contributed by atoms with Gasteiger partial charge in [-0.1, -0.05) is 0 Å². The van der Waals surface area contributed by atoms with Crippen LogP contribution in [0.2, 0.25) is 0 Å². The second kappa shape index (κ2) is 4.05. The minimum Gasteiger partial charge on any atom is -0.391 e. The quantitative estimate of drug-likeness (QED) is 0.502. The van der Waals surface area contributed by atoms with Gasteiger partial charge < -0.3 is 10.5 Å². The lowest BCUT2D eigenvalue weighted by molar-refractivity contribution is -0.109. The van der Waals surface area contributed by atoms with Crippen molar-refractivity contribution in [2.75, 3.05) is 5.73 Å². The Morgan fingerprint density at radius 3 is 2.64 bits per heavy atom. The highest BCUT2D eigenvalue weighted by molar-refractivity contribution is 7.83. The van der Waals surface area contributed by atoms with Crippen molar-refractivity contribution in [3.63, 3.8) is 0 Å². The van der Waals surface area contributed by atoms with Gasteiger partial charge in [-0.3, -0.25) is 4.55 Å². The van der Waals surface area contributed by atoms with Crippen LogP contribution < -0.4 is 10.5 Å². The molecule has 0 saturated carbocycles. The van der Waals surface area contributed by atoms with Crippen molar-refractivity contribution >= 4 is 32.9 Å². The first kappa shape index (κ1) is 11.1. The Morgan fingerprint density at radius 2 is 2.29 bits per heavy atom. The Morgan fingerprint density at radius 1 is 1.64 bits per heavy atom. The number of aldehydes is 1. The summed E-state index contributed by atoms with van der Waals surface area (Å²) >= 11 is 1.18. The van der Waals surface area contributed by atoms with Crippen molar-refractivity contribution in [3.05, 3.63) is 17.0 Å². The van der Waals surface area contributed by atoms with Crippen LogP contribution in [-0.4, -0.2) is 19.3 Å². The molecule has 1 unspecified atom stereocenters. The van der Waals surface area contributed by atoms with Crippen molar-refractivity contribution < 1.29 is 17.8 Å². The predicted octanol–water partition coefficient (Wildman–Crippen LogP) is -0.0373. The Kier molecular flexibility index (Phi) is 3.21. The molecule has 0 aromatic carbocycles. The van der Waals surface area contributed by atoms with Gasteiger partial charge in [-0.15, -0.1) is 11.3 Å². The molecule has 0 aliphatic carbocycles. The SMILES string of the molecule is Nc1cc(C(C=O)NS(=O)(=O)O)cs1. The third-order valence-electron chi connectivity index (χ3n) is 1.41. The molecule has 0 amide bonds. The van der Waals surface area contributed by atoms with E-state index in [2.05, 4.69) is 0 Å². The highest BCUT2D eigenvalue weighted by Crippen LogP contribution is 2.21. The summed E-state index contributed by atoms with van der Waals surface area (Å²) < 4.78 is 31.1. The van der Waals surface area contributed by atoms with E-state index in [4.69, 9.17) is 10.3 Å². The molecule has 0 fully saturated rings. The molecule has 0 bridgehead atoms. The highest BCUT2D eigenvalue weighted by Gasteiger charge is 2.17. The van der Waals surface area contributed by atoms with Crippen molar-refractivity contribution in [2.24, 2.45) is 0 Å². The van der Waals surface area contributed by atoms with Gasteiger partial charge in [0.1, 0.15) is 12.3 Å². The number of carbonyl (C=O) groups is 1. The van der Waals surface area contributed by atoms with Gasteiger partial charge in [0.25, 0.3) is 0 Å². The zero-order chi connectivity index (χ0) is 10.8. The molecule has 4 N–H and O–H groups in total. The molecule has 6 nitrogen and oxygen atoms in total. The Labute approximate surface area is 84.6 Å². The van der Waals surface area contributed by atoms with E-state index in [1.165, 1.54) is 22.8 Å². The maximum absolute atomic E-state index is 10.5. The molecule has 0 saturated heterocycles. The first-order valence-corrected chi connectivity index (χ1v) is 5.78. The van der Waals surface area contributed by atoms with Crippen LogP contribution in [0.25, 0.3) is 0 Å². The zero-order valence-corrected chi connectivity index (χ0v) is 8.51. The lowest BCUT2D eigenvalue weighted by Crippen LogP contribution is -2.28. The molecule has 1 atom stereocenters. The number of thiophene rings is 1. The van der Waals surface area contributed by atoms with E-state index in [0.717, 1.165) is 0 Å². The van der Waals surface area contributed by atoms with Crippen molar-refractivity contribution in [2.45, 2.75) is 6.04 Å². The monoisotopic (exact) mass is 236 g/mol. The Balaban J connectivity index is 2.88. The molecule has 1 aromatic rings. The van der Waals surface area contributed by atoms with E-state index in [-0.39, 0.29) is 0 Å². The number of anilines is 1. The van der Waals surface area contributed by atoms with Crippen LogP contribution in [0.15, 0.2) is 11.4 Å². The number of nitrogen functional groups attached to an aromatic ring is 1. The maximum atomic E-state index is 10.5. The third-order valence-corrected chi connectivity index (χ3v) is 2.74. The molecule has 14 heavy (non-hydrogen) atoms. The van der Waals surface area contributed by atoms with Crippen LogP contribution in [0, 0.1) is 0 Å². The Bertz CT molecular complexity index is 425. The van der Waals surface area contributed by atoms with Gasteiger partial charge in [0.05, 0.1) is 5.00 Å². The maximum Gasteiger partial charge on any atom is 0.334 e. The molecule has 0 aliphatic heterocycles. The topological polar surface area (TPSA) is 109 Å². The number of carbonyl (C=O) groups excluding carboxylic acids is 1. The van der Waals surface area contributed by atoms with Gasteiger partial charge >= 0.3 is 10.3 Å². The fourth-order valence-electron chi connectivity index (χ4n) is 0.866. The van der Waals surface area contributed by atoms with Crippen LogP contribution in [0.1, 0.15) is 11.6 Å². The van der Waals surface area contributed by atoms with Crippen LogP contribution in [0.3, 0.4) is 0 Å². The molecule has 0 aliphatic rings. The number of rotatable bonds is 4. The first-order valence-electron chi connectivity index (χ1n) is 3.46. The van der Waals surface area contributed by atoms with E-state index in [1.54, 1.807) is 4.72 Å². The molecular formula is C6H8N2O4S2. The number of nitrogens with two attached hydrogens (primary N) is 1. The van der Waals surface area contributed by atoms with Gasteiger partial charge in [0.2, 0.25) is 0 Å². The fraction of sp³-hybridized carbons (Fsp3) is 0.167. The summed E-state index contributed by atoms with van der Waals surface area (Å²) in [6.07, 6.45) is 0.370. The van der Waals surface area contributed by atoms with E-state index >= 15 is 0 Å². The lowest BCUT2D eigenvalue weighted by Gasteiger charge is -2.06. The van der Waals surface area contributed by atoms with Crippen LogP contribution in [-0.2, 0) is 15.1 Å². The largest absolute Gasteiger partial charge is 0.391 e. The first-order chi connectivity index (χ1) is 6.42. The van der Waals surface area contributed by atoms with E-state index in [0.29, 0.717) is 16.9 Å².